The SMILES string of the molecule is CC/C=C\C/C=C\C/C=C\C/C=C\CCCCCOCC(COC(=O)CCCCC/C=C\C/C=C\C/C=C\CC)OC(=O)CCCCCCC/C=C\CCCC. The van der Waals surface area contributed by atoms with E-state index in [0.29, 0.717) is 19.4 Å². The third-order valence-electron chi connectivity index (χ3n) is 9.08. The topological polar surface area (TPSA) is 61.8 Å². The molecule has 0 saturated heterocycles. The number of rotatable bonds is 40. The van der Waals surface area contributed by atoms with E-state index in [9.17, 15) is 9.59 Å². The summed E-state index contributed by atoms with van der Waals surface area (Å²) >= 11 is 0. The van der Waals surface area contributed by atoms with Gasteiger partial charge in [0.1, 0.15) is 6.61 Å². The number of allylic oxidation sites excluding steroid dienone is 16. The minimum Gasteiger partial charge on any atom is -0.462 e. The van der Waals surface area contributed by atoms with Gasteiger partial charge in [0.25, 0.3) is 0 Å². The first-order valence-electron chi connectivity index (χ1n) is 22.8. The molecule has 0 aliphatic rings. The van der Waals surface area contributed by atoms with Gasteiger partial charge in [-0.15, -0.1) is 0 Å². The number of ether oxygens (including phenoxy) is 3. The predicted octanol–water partition coefficient (Wildman–Crippen LogP) is 15.1. The van der Waals surface area contributed by atoms with Gasteiger partial charge in [0.15, 0.2) is 6.10 Å². The zero-order chi connectivity index (χ0) is 40.7. The van der Waals surface area contributed by atoms with E-state index in [4.69, 9.17) is 14.2 Å². The Hall–Kier alpha value is -3.18. The average Bonchev–Trinajstić information content (AvgIpc) is 3.20. The molecule has 5 heteroatoms. The maximum absolute atomic E-state index is 12.7. The molecule has 0 heterocycles. The average molecular weight is 777 g/mol. The van der Waals surface area contributed by atoms with E-state index in [0.717, 1.165) is 122 Å². The minimum absolute atomic E-state index is 0.0483. The summed E-state index contributed by atoms with van der Waals surface area (Å²) in [5, 5.41) is 0. The molecule has 0 spiro atoms. The first kappa shape index (κ1) is 52.8. The summed E-state index contributed by atoms with van der Waals surface area (Å²) < 4.78 is 17.2. The second kappa shape index (κ2) is 46.2. The smallest absolute Gasteiger partial charge is 0.306 e. The highest BCUT2D eigenvalue weighted by molar-refractivity contribution is 5.70. The molecule has 0 amide bonds. The maximum atomic E-state index is 12.7. The third-order valence-corrected chi connectivity index (χ3v) is 9.08. The van der Waals surface area contributed by atoms with Crippen molar-refractivity contribution < 1.29 is 23.8 Å². The molecule has 56 heavy (non-hydrogen) atoms. The van der Waals surface area contributed by atoms with Crippen molar-refractivity contribution in [2.24, 2.45) is 0 Å². The van der Waals surface area contributed by atoms with Crippen molar-refractivity contribution in [3.05, 3.63) is 97.2 Å². The molecule has 0 bridgehead atoms. The van der Waals surface area contributed by atoms with Crippen LogP contribution >= 0.6 is 0 Å². The number of hydrogen-bond donors (Lipinski definition) is 0. The second-order valence-corrected chi connectivity index (χ2v) is 14.5. The van der Waals surface area contributed by atoms with E-state index in [-0.39, 0.29) is 25.2 Å². The lowest BCUT2D eigenvalue weighted by Gasteiger charge is -2.18. The Morgan fingerprint density at radius 2 is 0.804 bits per heavy atom. The zero-order valence-corrected chi connectivity index (χ0v) is 36.4. The molecule has 0 aromatic carbocycles. The highest BCUT2D eigenvalue weighted by Gasteiger charge is 2.17. The highest BCUT2D eigenvalue weighted by Crippen LogP contribution is 2.11. The number of hydrogen-bond acceptors (Lipinski definition) is 5. The van der Waals surface area contributed by atoms with Gasteiger partial charge in [-0.05, 0) is 109 Å². The van der Waals surface area contributed by atoms with Crippen LogP contribution in [0.1, 0.15) is 188 Å². The van der Waals surface area contributed by atoms with E-state index >= 15 is 0 Å². The predicted molar refractivity (Wildman–Crippen MR) is 242 cm³/mol. The molecule has 5 nitrogen and oxygen atoms in total. The fourth-order valence-corrected chi connectivity index (χ4v) is 5.73. The highest BCUT2D eigenvalue weighted by atomic mass is 16.6. The quantitative estimate of drug-likeness (QED) is 0.0352. The number of carbonyl (C=O) groups is 2. The monoisotopic (exact) mass is 777 g/mol. The van der Waals surface area contributed by atoms with Gasteiger partial charge in [0.05, 0.1) is 6.61 Å². The third kappa shape index (κ3) is 43.5. The van der Waals surface area contributed by atoms with Crippen LogP contribution in [-0.2, 0) is 23.8 Å². The fraction of sp³-hybridized carbons (Fsp3) is 0.647. The van der Waals surface area contributed by atoms with E-state index in [1.165, 1.54) is 32.1 Å². The molecule has 0 rings (SSSR count). The normalized spacial score (nSPS) is 13.1. The van der Waals surface area contributed by atoms with Crippen LogP contribution in [0.15, 0.2) is 97.2 Å². The molecule has 0 fully saturated rings. The summed E-state index contributed by atoms with van der Waals surface area (Å²) in [6.45, 7) is 7.43. The summed E-state index contributed by atoms with van der Waals surface area (Å²) in [4.78, 5) is 25.2. The zero-order valence-electron chi connectivity index (χ0n) is 36.4. The van der Waals surface area contributed by atoms with Gasteiger partial charge >= 0.3 is 11.9 Å². The number of unbranched alkanes of at least 4 members (excludes halogenated alkanes) is 13. The summed E-state index contributed by atoms with van der Waals surface area (Å²) in [7, 11) is 0. The molecule has 0 aromatic heterocycles. The van der Waals surface area contributed by atoms with Crippen molar-refractivity contribution in [2.45, 2.75) is 194 Å². The summed E-state index contributed by atoms with van der Waals surface area (Å²) in [6.07, 6.45) is 61.2. The van der Waals surface area contributed by atoms with Gasteiger partial charge in [-0.25, -0.2) is 0 Å². The summed E-state index contributed by atoms with van der Waals surface area (Å²) in [5.41, 5.74) is 0. The maximum Gasteiger partial charge on any atom is 0.306 e. The van der Waals surface area contributed by atoms with E-state index in [1.807, 2.05) is 0 Å². The Kier molecular flexibility index (Phi) is 43.6. The van der Waals surface area contributed by atoms with Gasteiger partial charge in [-0.3, -0.25) is 9.59 Å². The van der Waals surface area contributed by atoms with Crippen LogP contribution < -0.4 is 0 Å². The molecule has 0 aliphatic carbocycles. The van der Waals surface area contributed by atoms with Crippen molar-refractivity contribution in [3.63, 3.8) is 0 Å². The Labute approximate surface area is 345 Å². The Bertz CT molecular complexity index is 1110. The molecule has 0 saturated carbocycles. The fourth-order valence-electron chi connectivity index (χ4n) is 5.73. The van der Waals surface area contributed by atoms with E-state index < -0.39 is 6.10 Å². The molecule has 318 valence electrons. The molecule has 0 aromatic rings. The molecular weight excluding hydrogens is 693 g/mol. The number of carbonyl (C=O) groups excluding carboxylic acids is 2. The van der Waals surface area contributed by atoms with Crippen molar-refractivity contribution in [1.82, 2.24) is 0 Å². The Balaban J connectivity index is 4.39. The van der Waals surface area contributed by atoms with Crippen LogP contribution in [0.25, 0.3) is 0 Å². The number of esters is 2. The van der Waals surface area contributed by atoms with E-state index in [2.05, 4.69) is 118 Å². The van der Waals surface area contributed by atoms with Crippen molar-refractivity contribution in [2.75, 3.05) is 19.8 Å². The van der Waals surface area contributed by atoms with Crippen LogP contribution in [0.5, 0.6) is 0 Å². The van der Waals surface area contributed by atoms with Crippen molar-refractivity contribution in [3.8, 4) is 0 Å². The molecule has 0 aliphatic heterocycles. The standard InChI is InChI=1S/C51H84O5/c1-4-7-10-13-16-19-22-24-25-26-28-31-34-37-40-43-46-54-47-49(56-51(53)45-42-39-36-33-29-21-18-15-12-9-6-3)48-55-50(52)44-41-38-35-32-30-27-23-20-17-14-11-8-5-2/h7-8,10-11,15-20,24-25,27-28,30-31,49H,4-6,9,12-14,21-23,26,29,32-48H2,1-3H3/b10-7-,11-8-,18-15-,19-16-,20-17-,25-24-,30-27-,31-28-. The lowest BCUT2D eigenvalue weighted by molar-refractivity contribution is -0.163. The van der Waals surface area contributed by atoms with Gasteiger partial charge in [0, 0.05) is 19.4 Å². The van der Waals surface area contributed by atoms with Crippen LogP contribution in [0.4, 0.5) is 0 Å². The van der Waals surface area contributed by atoms with Crippen LogP contribution in [0.2, 0.25) is 0 Å². The second-order valence-electron chi connectivity index (χ2n) is 14.5. The first-order valence-corrected chi connectivity index (χ1v) is 22.8. The van der Waals surface area contributed by atoms with Crippen LogP contribution in [-0.4, -0.2) is 37.9 Å². The van der Waals surface area contributed by atoms with Crippen LogP contribution in [0, 0.1) is 0 Å². The largest absolute Gasteiger partial charge is 0.462 e. The molecule has 1 atom stereocenters. The van der Waals surface area contributed by atoms with Gasteiger partial charge in [0.2, 0.25) is 0 Å². The minimum atomic E-state index is -0.572. The summed E-state index contributed by atoms with van der Waals surface area (Å²) in [6, 6.07) is 0. The Morgan fingerprint density at radius 1 is 0.411 bits per heavy atom. The lowest BCUT2D eigenvalue weighted by Crippen LogP contribution is -2.30. The lowest BCUT2D eigenvalue weighted by atomic mass is 10.1. The first-order chi connectivity index (χ1) is 27.6. The molecule has 0 radical (unpaired) electrons. The van der Waals surface area contributed by atoms with Gasteiger partial charge in [-0.1, -0.05) is 163 Å². The molecule has 0 N–H and O–H groups in total. The Morgan fingerprint density at radius 3 is 1.32 bits per heavy atom. The van der Waals surface area contributed by atoms with E-state index in [1.54, 1.807) is 0 Å². The summed E-state index contributed by atoms with van der Waals surface area (Å²) in [5.74, 6) is -0.469. The molecular formula is C51H84O5. The van der Waals surface area contributed by atoms with Gasteiger partial charge in [-0.2, -0.15) is 0 Å². The van der Waals surface area contributed by atoms with Crippen LogP contribution in [0.3, 0.4) is 0 Å². The van der Waals surface area contributed by atoms with Crippen molar-refractivity contribution >= 4 is 11.9 Å². The molecule has 1 unspecified atom stereocenters. The van der Waals surface area contributed by atoms with Gasteiger partial charge < -0.3 is 14.2 Å². The van der Waals surface area contributed by atoms with Crippen molar-refractivity contribution in [1.29, 1.82) is 0 Å².